The Morgan fingerprint density at radius 2 is 1.95 bits per heavy atom. The number of para-hydroxylation sites is 1. The molecule has 0 fully saturated rings. The van der Waals surface area contributed by atoms with Gasteiger partial charge in [-0.3, -0.25) is 0 Å². The summed E-state index contributed by atoms with van der Waals surface area (Å²) in [6.45, 7) is 5.61. The maximum atomic E-state index is 13.6. The van der Waals surface area contributed by atoms with E-state index in [-0.39, 0.29) is 34.5 Å². The minimum atomic E-state index is -3.67. The van der Waals surface area contributed by atoms with Gasteiger partial charge in [-0.05, 0) is 17.5 Å². The second-order valence-electron chi connectivity index (χ2n) is 5.63. The van der Waals surface area contributed by atoms with Crippen LogP contribution in [0.4, 0.5) is 4.39 Å². The van der Waals surface area contributed by atoms with Gasteiger partial charge in [-0.25, -0.2) is 12.8 Å². The van der Waals surface area contributed by atoms with Crippen LogP contribution in [0, 0.1) is 17.2 Å². The fourth-order valence-electron chi connectivity index (χ4n) is 1.59. The van der Waals surface area contributed by atoms with Crippen molar-refractivity contribution in [3.8, 4) is 5.75 Å². The first kappa shape index (κ1) is 17.5. The molecule has 0 saturated heterocycles. The molecule has 7 heteroatoms. The number of halogens is 3. The molecule has 0 N–H and O–H groups in total. The summed E-state index contributed by atoms with van der Waals surface area (Å²) in [5.41, 5.74) is -0.361. The molecular weight excluding hydrogens is 326 g/mol. The Kier molecular flexibility index (Phi) is 5.70. The van der Waals surface area contributed by atoms with Crippen molar-refractivity contribution in [3.63, 3.8) is 0 Å². The van der Waals surface area contributed by atoms with E-state index in [1.807, 2.05) is 20.8 Å². The average Bonchev–Trinajstić information content (AvgIpc) is 2.23. The quantitative estimate of drug-likeness (QED) is 0.757. The van der Waals surface area contributed by atoms with Crippen LogP contribution in [0.2, 0.25) is 5.02 Å². The van der Waals surface area contributed by atoms with Gasteiger partial charge in [0.1, 0.15) is 0 Å². The van der Waals surface area contributed by atoms with Crippen molar-refractivity contribution in [2.45, 2.75) is 20.8 Å². The van der Waals surface area contributed by atoms with E-state index in [1.165, 1.54) is 18.2 Å². The van der Waals surface area contributed by atoms with Crippen LogP contribution in [0.25, 0.3) is 0 Å². The lowest BCUT2D eigenvalue weighted by molar-refractivity contribution is 0.159. The molecule has 0 radical (unpaired) electrons. The van der Waals surface area contributed by atoms with Gasteiger partial charge in [0, 0.05) is 16.6 Å². The highest BCUT2D eigenvalue weighted by Crippen LogP contribution is 2.32. The first-order valence-electron chi connectivity index (χ1n) is 6.00. The standard InChI is InChI=1S/C13H17Cl2FO3S/c1-13(2,3)9(8-20(15,17)18)7-19-12-10(14)5-4-6-11(12)16/h4-6,9H,7-8H2,1-3H3. The fourth-order valence-corrected chi connectivity index (χ4v) is 3.34. The Morgan fingerprint density at radius 1 is 1.35 bits per heavy atom. The Bertz CT molecular complexity index is 547. The van der Waals surface area contributed by atoms with Gasteiger partial charge >= 0.3 is 0 Å². The molecule has 114 valence electrons. The number of hydrogen-bond donors (Lipinski definition) is 0. The van der Waals surface area contributed by atoms with Crippen LogP contribution in [0.5, 0.6) is 5.75 Å². The molecule has 1 aromatic rings. The lowest BCUT2D eigenvalue weighted by Crippen LogP contribution is -2.32. The van der Waals surface area contributed by atoms with Crippen molar-refractivity contribution in [1.29, 1.82) is 0 Å². The molecule has 0 heterocycles. The molecule has 0 saturated carbocycles. The van der Waals surface area contributed by atoms with Crippen LogP contribution in [0.15, 0.2) is 18.2 Å². The monoisotopic (exact) mass is 342 g/mol. The van der Waals surface area contributed by atoms with Gasteiger partial charge in [-0.1, -0.05) is 38.4 Å². The summed E-state index contributed by atoms with van der Waals surface area (Å²) >= 11 is 5.85. The van der Waals surface area contributed by atoms with Crippen molar-refractivity contribution in [1.82, 2.24) is 0 Å². The Hall–Kier alpha value is -0.520. The maximum Gasteiger partial charge on any atom is 0.233 e. The summed E-state index contributed by atoms with van der Waals surface area (Å²) in [4.78, 5) is 0. The van der Waals surface area contributed by atoms with Gasteiger partial charge in [0.15, 0.2) is 11.6 Å². The van der Waals surface area contributed by atoms with Crippen LogP contribution in [0.3, 0.4) is 0 Å². The molecule has 3 nitrogen and oxygen atoms in total. The average molecular weight is 343 g/mol. The molecule has 1 atom stereocenters. The predicted molar refractivity (Wildman–Crippen MR) is 79.5 cm³/mol. The summed E-state index contributed by atoms with van der Waals surface area (Å²) in [5, 5.41) is 0.145. The van der Waals surface area contributed by atoms with Crippen LogP contribution in [-0.2, 0) is 9.05 Å². The van der Waals surface area contributed by atoms with Crippen LogP contribution >= 0.6 is 22.3 Å². The molecule has 1 unspecified atom stereocenters. The number of rotatable bonds is 5. The second kappa shape index (κ2) is 6.50. The van der Waals surface area contributed by atoms with Crippen LogP contribution in [-0.4, -0.2) is 20.8 Å². The van der Waals surface area contributed by atoms with Crippen molar-refractivity contribution >= 4 is 31.3 Å². The summed E-state index contributed by atoms with van der Waals surface area (Å²) < 4.78 is 41.4. The highest BCUT2D eigenvalue weighted by Gasteiger charge is 2.30. The topological polar surface area (TPSA) is 43.4 Å². The van der Waals surface area contributed by atoms with Crippen LogP contribution in [0.1, 0.15) is 20.8 Å². The van der Waals surface area contributed by atoms with E-state index < -0.39 is 14.9 Å². The van der Waals surface area contributed by atoms with Crippen molar-refractivity contribution in [2.24, 2.45) is 11.3 Å². The van der Waals surface area contributed by atoms with Gasteiger partial charge in [0.2, 0.25) is 9.05 Å². The lowest BCUT2D eigenvalue weighted by Gasteiger charge is -2.29. The van der Waals surface area contributed by atoms with E-state index in [2.05, 4.69) is 0 Å². The molecular formula is C13H17Cl2FO3S. The zero-order valence-corrected chi connectivity index (χ0v) is 13.8. The number of ether oxygens (including phenoxy) is 1. The molecule has 1 aromatic carbocycles. The second-order valence-corrected chi connectivity index (χ2v) is 8.86. The Balaban J connectivity index is 2.87. The van der Waals surface area contributed by atoms with E-state index in [1.54, 1.807) is 0 Å². The lowest BCUT2D eigenvalue weighted by atomic mass is 9.82. The maximum absolute atomic E-state index is 13.6. The largest absolute Gasteiger partial charge is 0.489 e. The van der Waals surface area contributed by atoms with E-state index in [9.17, 15) is 12.8 Å². The van der Waals surface area contributed by atoms with Crippen molar-refractivity contribution in [3.05, 3.63) is 29.0 Å². The number of hydrogen-bond acceptors (Lipinski definition) is 3. The predicted octanol–water partition coefficient (Wildman–Crippen LogP) is 4.09. The third kappa shape index (κ3) is 5.46. The SMILES string of the molecule is CC(C)(C)C(COc1c(F)cccc1Cl)CS(=O)(=O)Cl. The van der Waals surface area contributed by atoms with E-state index >= 15 is 0 Å². The summed E-state index contributed by atoms with van der Waals surface area (Å²) in [5.74, 6) is -1.29. The third-order valence-corrected chi connectivity index (χ3v) is 4.45. The molecule has 20 heavy (non-hydrogen) atoms. The Labute approximate surface area is 128 Å². The van der Waals surface area contributed by atoms with Gasteiger partial charge in [0.05, 0.1) is 17.4 Å². The minimum absolute atomic E-state index is 0.0100. The Morgan fingerprint density at radius 3 is 2.40 bits per heavy atom. The number of benzene rings is 1. The van der Waals surface area contributed by atoms with E-state index in [0.717, 1.165) is 0 Å². The van der Waals surface area contributed by atoms with E-state index in [4.69, 9.17) is 27.0 Å². The smallest absolute Gasteiger partial charge is 0.233 e. The van der Waals surface area contributed by atoms with Crippen molar-refractivity contribution in [2.75, 3.05) is 12.4 Å². The summed E-state index contributed by atoms with van der Waals surface area (Å²) in [6.07, 6.45) is 0. The highest BCUT2D eigenvalue weighted by atomic mass is 35.7. The molecule has 0 bridgehead atoms. The van der Waals surface area contributed by atoms with Crippen LogP contribution < -0.4 is 4.74 Å². The molecule has 0 aliphatic carbocycles. The summed E-state index contributed by atoms with van der Waals surface area (Å²) in [6, 6.07) is 4.20. The zero-order valence-electron chi connectivity index (χ0n) is 11.5. The van der Waals surface area contributed by atoms with Gasteiger partial charge in [-0.15, -0.1) is 0 Å². The highest BCUT2D eigenvalue weighted by molar-refractivity contribution is 8.13. The molecule has 0 amide bonds. The van der Waals surface area contributed by atoms with Gasteiger partial charge < -0.3 is 4.74 Å². The molecule has 1 rings (SSSR count). The zero-order chi connectivity index (χ0) is 15.6. The fraction of sp³-hybridized carbons (Fsp3) is 0.538. The molecule has 0 aliphatic rings. The first-order valence-corrected chi connectivity index (χ1v) is 8.85. The van der Waals surface area contributed by atoms with Gasteiger partial charge in [0.25, 0.3) is 0 Å². The van der Waals surface area contributed by atoms with E-state index in [0.29, 0.717) is 0 Å². The normalized spacial score (nSPS) is 14.1. The minimum Gasteiger partial charge on any atom is -0.489 e. The molecule has 0 aromatic heterocycles. The summed E-state index contributed by atoms with van der Waals surface area (Å²) in [7, 11) is 1.63. The molecule has 0 aliphatic heterocycles. The van der Waals surface area contributed by atoms with Crippen molar-refractivity contribution < 1.29 is 17.5 Å². The molecule has 0 spiro atoms. The first-order chi connectivity index (χ1) is 9.00. The third-order valence-electron chi connectivity index (χ3n) is 2.97. The van der Waals surface area contributed by atoms with Gasteiger partial charge in [-0.2, -0.15) is 0 Å².